The molecule has 0 aliphatic rings. The zero-order chi connectivity index (χ0) is 15.9. The van der Waals surface area contributed by atoms with Crippen molar-refractivity contribution in [2.24, 2.45) is 5.92 Å². The first-order valence-electron chi connectivity index (χ1n) is 7.38. The minimum absolute atomic E-state index is 0.0187. The molecular formula is C16H22N4O2. The summed E-state index contributed by atoms with van der Waals surface area (Å²) in [5.74, 6) is 0.617. The van der Waals surface area contributed by atoms with Crippen LogP contribution in [0.1, 0.15) is 19.4 Å². The lowest BCUT2D eigenvalue weighted by molar-refractivity contribution is -0.125. The van der Waals surface area contributed by atoms with Crippen molar-refractivity contribution < 1.29 is 9.53 Å². The number of hydrogen-bond acceptors (Lipinski definition) is 4. The highest BCUT2D eigenvalue weighted by Gasteiger charge is 2.15. The van der Waals surface area contributed by atoms with Crippen molar-refractivity contribution in [1.29, 1.82) is 0 Å². The summed E-state index contributed by atoms with van der Waals surface area (Å²) in [7, 11) is 0. The maximum Gasteiger partial charge on any atom is 0.224 e. The number of rotatable bonds is 7. The third-order valence-electron chi connectivity index (χ3n) is 3.30. The molecule has 118 valence electrons. The van der Waals surface area contributed by atoms with Crippen molar-refractivity contribution in [2.45, 2.75) is 33.4 Å². The molecule has 0 saturated carbocycles. The number of aromatic nitrogens is 3. The van der Waals surface area contributed by atoms with E-state index < -0.39 is 0 Å². The van der Waals surface area contributed by atoms with Crippen LogP contribution < -0.4 is 10.1 Å². The molecule has 0 fully saturated rings. The van der Waals surface area contributed by atoms with Gasteiger partial charge in [0.2, 0.25) is 5.91 Å². The minimum Gasteiger partial charge on any atom is -0.489 e. The minimum atomic E-state index is -0.173. The van der Waals surface area contributed by atoms with Crippen molar-refractivity contribution in [3.63, 3.8) is 0 Å². The standard InChI is InChI=1S/C16H22N4O2/c1-12-4-6-15(7-5-12)22-14(3)8-18-16(21)13(2)9-20-11-17-10-19-20/h4-7,10-11,13-14H,8-9H2,1-3H3,(H,18,21)/t13-,14+/m1/s1. The zero-order valence-electron chi connectivity index (χ0n) is 13.2. The fourth-order valence-corrected chi connectivity index (χ4v) is 2.00. The molecule has 22 heavy (non-hydrogen) atoms. The van der Waals surface area contributed by atoms with E-state index in [1.54, 1.807) is 11.0 Å². The van der Waals surface area contributed by atoms with Crippen LogP contribution >= 0.6 is 0 Å². The topological polar surface area (TPSA) is 69.0 Å². The Morgan fingerprint density at radius 2 is 2.05 bits per heavy atom. The Bertz CT molecular complexity index is 581. The molecule has 6 nitrogen and oxygen atoms in total. The number of amides is 1. The van der Waals surface area contributed by atoms with Gasteiger partial charge in [0.1, 0.15) is 24.5 Å². The summed E-state index contributed by atoms with van der Waals surface area (Å²) in [4.78, 5) is 15.9. The molecule has 0 bridgehead atoms. The molecular weight excluding hydrogens is 280 g/mol. The molecule has 2 atom stereocenters. The molecule has 1 heterocycles. The molecule has 2 aromatic rings. The van der Waals surface area contributed by atoms with Crippen molar-refractivity contribution in [3.05, 3.63) is 42.5 Å². The van der Waals surface area contributed by atoms with Crippen molar-refractivity contribution >= 4 is 5.91 Å². The number of aryl methyl sites for hydroxylation is 1. The van der Waals surface area contributed by atoms with Gasteiger partial charge in [0.25, 0.3) is 0 Å². The van der Waals surface area contributed by atoms with Crippen molar-refractivity contribution in [2.75, 3.05) is 6.54 Å². The average molecular weight is 302 g/mol. The Hall–Kier alpha value is -2.37. The third kappa shape index (κ3) is 4.87. The highest BCUT2D eigenvalue weighted by atomic mass is 16.5. The first-order chi connectivity index (χ1) is 10.5. The monoisotopic (exact) mass is 302 g/mol. The highest BCUT2D eigenvalue weighted by Crippen LogP contribution is 2.13. The van der Waals surface area contributed by atoms with Crippen LogP contribution in [-0.2, 0) is 11.3 Å². The zero-order valence-corrected chi connectivity index (χ0v) is 13.2. The Labute approximate surface area is 130 Å². The van der Waals surface area contributed by atoms with E-state index >= 15 is 0 Å². The second kappa shape index (κ2) is 7.59. The van der Waals surface area contributed by atoms with Gasteiger partial charge < -0.3 is 10.1 Å². The lowest BCUT2D eigenvalue weighted by Crippen LogP contribution is -2.37. The van der Waals surface area contributed by atoms with Crippen LogP contribution in [0.15, 0.2) is 36.9 Å². The summed E-state index contributed by atoms with van der Waals surface area (Å²) in [5, 5.41) is 6.90. The first-order valence-corrected chi connectivity index (χ1v) is 7.38. The molecule has 2 rings (SSSR count). The molecule has 1 N–H and O–H groups in total. The normalized spacial score (nSPS) is 13.4. The van der Waals surface area contributed by atoms with E-state index in [2.05, 4.69) is 15.4 Å². The summed E-state index contributed by atoms with van der Waals surface area (Å²) in [6.07, 6.45) is 2.97. The van der Waals surface area contributed by atoms with E-state index in [4.69, 9.17) is 4.74 Å². The van der Waals surface area contributed by atoms with Gasteiger partial charge >= 0.3 is 0 Å². The third-order valence-corrected chi connectivity index (χ3v) is 3.30. The van der Waals surface area contributed by atoms with Gasteiger partial charge in [-0.25, -0.2) is 4.98 Å². The first kappa shape index (κ1) is 16.0. The second-order valence-corrected chi connectivity index (χ2v) is 5.51. The largest absolute Gasteiger partial charge is 0.489 e. The molecule has 0 radical (unpaired) electrons. The van der Waals surface area contributed by atoms with Crippen molar-refractivity contribution in [1.82, 2.24) is 20.1 Å². The van der Waals surface area contributed by atoms with E-state index in [0.717, 1.165) is 5.75 Å². The molecule has 0 spiro atoms. The smallest absolute Gasteiger partial charge is 0.224 e. The summed E-state index contributed by atoms with van der Waals surface area (Å²) in [6.45, 7) is 6.81. The molecule has 1 aromatic heterocycles. The molecule has 0 saturated heterocycles. The van der Waals surface area contributed by atoms with Gasteiger partial charge in [-0.3, -0.25) is 9.48 Å². The summed E-state index contributed by atoms with van der Waals surface area (Å²) < 4.78 is 7.41. The number of nitrogens with one attached hydrogen (secondary N) is 1. The molecule has 6 heteroatoms. The Morgan fingerprint density at radius 3 is 2.68 bits per heavy atom. The quantitative estimate of drug-likeness (QED) is 0.847. The Kier molecular flexibility index (Phi) is 5.52. The fraction of sp³-hybridized carbons (Fsp3) is 0.438. The SMILES string of the molecule is Cc1ccc(O[C@@H](C)CNC(=O)[C@H](C)Cn2cncn2)cc1. The van der Waals surface area contributed by atoms with Crippen LogP contribution in [0.25, 0.3) is 0 Å². The maximum absolute atomic E-state index is 12.0. The van der Waals surface area contributed by atoms with Crippen LogP contribution in [0.4, 0.5) is 0 Å². The van der Waals surface area contributed by atoms with E-state index in [0.29, 0.717) is 13.1 Å². The van der Waals surface area contributed by atoms with Gasteiger partial charge in [0.05, 0.1) is 19.0 Å². The Balaban J connectivity index is 1.74. The number of nitrogens with zero attached hydrogens (tertiary/aromatic N) is 3. The maximum atomic E-state index is 12.0. The predicted molar refractivity (Wildman–Crippen MR) is 83.5 cm³/mol. The Morgan fingerprint density at radius 1 is 1.32 bits per heavy atom. The molecule has 1 amide bonds. The number of benzene rings is 1. The predicted octanol–water partition coefficient (Wildman–Crippen LogP) is 1.81. The average Bonchev–Trinajstić information content (AvgIpc) is 3.00. The van der Waals surface area contributed by atoms with Crippen LogP contribution in [0.3, 0.4) is 0 Å². The number of ether oxygens (including phenoxy) is 1. The number of carbonyl (C=O) groups excluding carboxylic acids is 1. The second-order valence-electron chi connectivity index (χ2n) is 5.51. The van der Waals surface area contributed by atoms with Crippen LogP contribution in [-0.4, -0.2) is 33.3 Å². The van der Waals surface area contributed by atoms with Gasteiger partial charge in [-0.05, 0) is 26.0 Å². The van der Waals surface area contributed by atoms with Gasteiger partial charge in [0, 0.05) is 0 Å². The summed E-state index contributed by atoms with van der Waals surface area (Å²) >= 11 is 0. The van der Waals surface area contributed by atoms with Gasteiger partial charge in [-0.2, -0.15) is 5.10 Å². The van der Waals surface area contributed by atoms with Gasteiger partial charge in [-0.1, -0.05) is 24.6 Å². The van der Waals surface area contributed by atoms with E-state index in [1.165, 1.54) is 11.9 Å². The molecule has 0 aliphatic heterocycles. The molecule has 0 unspecified atom stereocenters. The molecule has 1 aromatic carbocycles. The lowest BCUT2D eigenvalue weighted by Gasteiger charge is -2.17. The van der Waals surface area contributed by atoms with E-state index in [1.807, 2.05) is 45.0 Å². The number of carbonyl (C=O) groups is 1. The van der Waals surface area contributed by atoms with Crippen LogP contribution in [0.2, 0.25) is 0 Å². The summed E-state index contributed by atoms with van der Waals surface area (Å²) in [6, 6.07) is 7.86. The highest BCUT2D eigenvalue weighted by molar-refractivity contribution is 5.78. The summed E-state index contributed by atoms with van der Waals surface area (Å²) in [5.41, 5.74) is 1.19. The lowest BCUT2D eigenvalue weighted by atomic mass is 10.1. The van der Waals surface area contributed by atoms with E-state index in [9.17, 15) is 4.79 Å². The number of hydrogen-bond donors (Lipinski definition) is 1. The van der Waals surface area contributed by atoms with Crippen LogP contribution in [0, 0.1) is 12.8 Å². The van der Waals surface area contributed by atoms with Gasteiger partial charge in [0.15, 0.2) is 0 Å². The van der Waals surface area contributed by atoms with Crippen molar-refractivity contribution in [3.8, 4) is 5.75 Å². The van der Waals surface area contributed by atoms with Crippen LogP contribution in [0.5, 0.6) is 5.75 Å². The van der Waals surface area contributed by atoms with Gasteiger partial charge in [-0.15, -0.1) is 0 Å². The van der Waals surface area contributed by atoms with E-state index in [-0.39, 0.29) is 17.9 Å². The fourth-order valence-electron chi connectivity index (χ4n) is 2.00. The molecule has 0 aliphatic carbocycles.